The van der Waals surface area contributed by atoms with Crippen molar-refractivity contribution in [3.05, 3.63) is 152 Å². The molecular weight excluding hydrogens is 590 g/mol. The molecule has 0 radical (unpaired) electrons. The third-order valence-corrected chi connectivity index (χ3v) is 9.10. The van der Waals surface area contributed by atoms with Crippen molar-refractivity contribution in [2.45, 2.75) is 0 Å². The quantitative estimate of drug-likeness (QED) is 0.197. The number of rotatable bonds is 4. The van der Waals surface area contributed by atoms with Gasteiger partial charge in [-0.25, -0.2) is 15.0 Å². The fraction of sp³-hybridized carbons (Fsp3) is 0. The van der Waals surface area contributed by atoms with Crippen LogP contribution in [-0.2, 0) is 0 Å². The standard InChI is InChI=1S/C42H25N5O/c1-3-11-26(12-4-1)40-44-41(27-13-5-2-6-14-27)46-42(45-40)34-24-43-25-38-39(34)32-20-19-30(23-37(32)48-38)47-35-18-10-9-17-31(35)33-21-28-15-7-8-16-29(28)22-36(33)47/h1-25H. The number of pyridine rings is 1. The number of nitrogens with zero attached hydrogens (tertiary/aromatic N) is 5. The second kappa shape index (κ2) is 10.4. The van der Waals surface area contributed by atoms with E-state index in [0.29, 0.717) is 23.1 Å². The van der Waals surface area contributed by atoms with E-state index in [-0.39, 0.29) is 0 Å². The lowest BCUT2D eigenvalue weighted by atomic mass is 10.1. The zero-order valence-electron chi connectivity index (χ0n) is 25.6. The van der Waals surface area contributed by atoms with Crippen LogP contribution in [0.3, 0.4) is 0 Å². The summed E-state index contributed by atoms with van der Waals surface area (Å²) in [6.07, 6.45) is 3.59. The van der Waals surface area contributed by atoms with Gasteiger partial charge < -0.3 is 8.98 Å². The molecule has 0 atom stereocenters. The van der Waals surface area contributed by atoms with Crippen LogP contribution in [0.15, 0.2) is 156 Å². The Bertz CT molecular complexity index is 2780. The van der Waals surface area contributed by atoms with E-state index in [1.54, 1.807) is 6.20 Å². The second-order valence-corrected chi connectivity index (χ2v) is 12.0. The Labute approximate surface area is 274 Å². The molecule has 0 spiro atoms. The van der Waals surface area contributed by atoms with Crippen molar-refractivity contribution in [1.29, 1.82) is 0 Å². The van der Waals surface area contributed by atoms with E-state index in [1.807, 2.05) is 66.9 Å². The minimum Gasteiger partial charge on any atom is -0.454 e. The van der Waals surface area contributed by atoms with Crippen LogP contribution in [-0.4, -0.2) is 24.5 Å². The first-order valence-electron chi connectivity index (χ1n) is 15.9. The van der Waals surface area contributed by atoms with Crippen molar-refractivity contribution in [2.75, 3.05) is 0 Å². The molecule has 0 unspecified atom stereocenters. The maximum Gasteiger partial charge on any atom is 0.166 e. The first kappa shape index (κ1) is 26.5. The molecule has 6 aromatic carbocycles. The topological polar surface area (TPSA) is 69.6 Å². The maximum absolute atomic E-state index is 6.53. The van der Waals surface area contributed by atoms with Crippen LogP contribution in [0.25, 0.3) is 94.4 Å². The molecule has 10 rings (SSSR count). The Kier molecular flexibility index (Phi) is 5.77. The normalized spacial score (nSPS) is 11.8. The van der Waals surface area contributed by atoms with Crippen molar-refractivity contribution in [3.8, 4) is 39.9 Å². The molecule has 0 fully saturated rings. The van der Waals surface area contributed by atoms with Crippen LogP contribution in [0.2, 0.25) is 0 Å². The Balaban J connectivity index is 1.19. The van der Waals surface area contributed by atoms with Gasteiger partial charge in [-0.1, -0.05) is 103 Å². The predicted molar refractivity (Wildman–Crippen MR) is 193 cm³/mol. The molecule has 48 heavy (non-hydrogen) atoms. The fourth-order valence-electron chi connectivity index (χ4n) is 6.89. The Morgan fingerprint density at radius 2 is 1.10 bits per heavy atom. The molecule has 6 heteroatoms. The van der Waals surface area contributed by atoms with Gasteiger partial charge in [0.1, 0.15) is 5.58 Å². The molecule has 4 aromatic heterocycles. The highest BCUT2D eigenvalue weighted by Gasteiger charge is 2.20. The van der Waals surface area contributed by atoms with E-state index >= 15 is 0 Å². The second-order valence-electron chi connectivity index (χ2n) is 12.0. The minimum absolute atomic E-state index is 0.543. The van der Waals surface area contributed by atoms with Gasteiger partial charge in [0.25, 0.3) is 0 Å². The van der Waals surface area contributed by atoms with Gasteiger partial charge in [-0.3, -0.25) is 4.98 Å². The average Bonchev–Trinajstić information content (AvgIpc) is 3.69. The molecule has 224 valence electrons. The summed E-state index contributed by atoms with van der Waals surface area (Å²) in [5, 5.41) is 6.76. The Hall–Kier alpha value is -6.66. The SMILES string of the molecule is c1ccc(-c2nc(-c3ccccc3)nc(-c3cncc4oc5cc(-n6c7ccccc7c7cc8ccccc8cc76)ccc5c34)n2)cc1. The highest BCUT2D eigenvalue weighted by atomic mass is 16.3. The lowest BCUT2D eigenvalue weighted by Gasteiger charge is -2.09. The smallest absolute Gasteiger partial charge is 0.166 e. The molecule has 0 saturated carbocycles. The monoisotopic (exact) mass is 615 g/mol. The van der Waals surface area contributed by atoms with Gasteiger partial charge in [0.05, 0.1) is 17.2 Å². The molecule has 6 nitrogen and oxygen atoms in total. The number of aromatic nitrogens is 5. The molecule has 0 aliphatic carbocycles. The lowest BCUT2D eigenvalue weighted by Crippen LogP contribution is -2.00. The van der Waals surface area contributed by atoms with E-state index in [1.165, 1.54) is 21.5 Å². The van der Waals surface area contributed by atoms with Gasteiger partial charge in [0, 0.05) is 56.2 Å². The summed E-state index contributed by atoms with van der Waals surface area (Å²) in [7, 11) is 0. The largest absolute Gasteiger partial charge is 0.454 e. The van der Waals surface area contributed by atoms with Crippen LogP contribution in [0.1, 0.15) is 0 Å². The van der Waals surface area contributed by atoms with E-state index in [4.69, 9.17) is 19.4 Å². The Morgan fingerprint density at radius 1 is 0.458 bits per heavy atom. The van der Waals surface area contributed by atoms with Gasteiger partial charge in [-0.2, -0.15) is 0 Å². The van der Waals surface area contributed by atoms with E-state index < -0.39 is 0 Å². The first-order chi connectivity index (χ1) is 23.8. The van der Waals surface area contributed by atoms with Gasteiger partial charge in [-0.15, -0.1) is 0 Å². The number of hydrogen-bond donors (Lipinski definition) is 0. The molecule has 4 heterocycles. The van der Waals surface area contributed by atoms with Crippen LogP contribution in [0.5, 0.6) is 0 Å². The molecule has 10 aromatic rings. The van der Waals surface area contributed by atoms with Crippen molar-refractivity contribution in [3.63, 3.8) is 0 Å². The van der Waals surface area contributed by atoms with Gasteiger partial charge in [0.15, 0.2) is 23.1 Å². The van der Waals surface area contributed by atoms with Crippen LogP contribution < -0.4 is 0 Å². The Morgan fingerprint density at radius 3 is 1.85 bits per heavy atom. The third kappa shape index (κ3) is 4.13. The fourth-order valence-corrected chi connectivity index (χ4v) is 6.89. The maximum atomic E-state index is 6.53. The summed E-state index contributed by atoms with van der Waals surface area (Å²) in [4.78, 5) is 19.4. The summed E-state index contributed by atoms with van der Waals surface area (Å²) < 4.78 is 8.86. The molecule has 0 aliphatic rings. The van der Waals surface area contributed by atoms with Gasteiger partial charge >= 0.3 is 0 Å². The van der Waals surface area contributed by atoms with Gasteiger partial charge in [-0.05, 0) is 41.1 Å². The number of para-hydroxylation sites is 1. The predicted octanol–water partition coefficient (Wildman–Crippen LogP) is 10.4. The van der Waals surface area contributed by atoms with Crippen molar-refractivity contribution >= 4 is 54.5 Å². The highest BCUT2D eigenvalue weighted by molar-refractivity contribution is 6.15. The number of furan rings is 1. The number of hydrogen-bond acceptors (Lipinski definition) is 5. The number of fused-ring (bicyclic) bond motifs is 7. The van der Waals surface area contributed by atoms with Crippen molar-refractivity contribution in [1.82, 2.24) is 24.5 Å². The molecule has 0 aliphatic heterocycles. The number of benzene rings is 6. The molecule has 0 amide bonds. The zero-order chi connectivity index (χ0) is 31.6. The summed E-state index contributed by atoms with van der Waals surface area (Å²) in [6, 6.07) is 48.1. The molecular formula is C42H25N5O. The van der Waals surface area contributed by atoms with Crippen LogP contribution >= 0.6 is 0 Å². The highest BCUT2D eigenvalue weighted by Crippen LogP contribution is 2.39. The first-order valence-corrected chi connectivity index (χ1v) is 15.9. The molecule has 0 bridgehead atoms. The van der Waals surface area contributed by atoms with Crippen molar-refractivity contribution < 1.29 is 4.42 Å². The third-order valence-electron chi connectivity index (χ3n) is 9.10. The van der Waals surface area contributed by atoms with Crippen LogP contribution in [0, 0.1) is 0 Å². The minimum atomic E-state index is 0.543. The summed E-state index contributed by atoms with van der Waals surface area (Å²) in [5.74, 6) is 1.75. The van der Waals surface area contributed by atoms with Crippen molar-refractivity contribution in [2.24, 2.45) is 0 Å². The summed E-state index contributed by atoms with van der Waals surface area (Å²) >= 11 is 0. The lowest BCUT2D eigenvalue weighted by molar-refractivity contribution is 0.666. The van der Waals surface area contributed by atoms with Gasteiger partial charge in [0.2, 0.25) is 0 Å². The summed E-state index contributed by atoms with van der Waals surface area (Å²) in [6.45, 7) is 0. The zero-order valence-corrected chi connectivity index (χ0v) is 25.6. The average molecular weight is 616 g/mol. The van der Waals surface area contributed by atoms with Crippen LogP contribution in [0.4, 0.5) is 0 Å². The van der Waals surface area contributed by atoms with E-state index in [2.05, 4.69) is 88.4 Å². The van der Waals surface area contributed by atoms with E-state index in [9.17, 15) is 0 Å². The summed E-state index contributed by atoms with van der Waals surface area (Å²) in [5.41, 5.74) is 7.39. The molecule has 0 N–H and O–H groups in total. The van der Waals surface area contributed by atoms with E-state index in [0.717, 1.165) is 49.8 Å². The molecule has 0 saturated heterocycles.